The van der Waals surface area contributed by atoms with Gasteiger partial charge in [0, 0.05) is 31.4 Å². The average Bonchev–Trinajstić information content (AvgIpc) is 2.85. The lowest BCUT2D eigenvalue weighted by Crippen LogP contribution is -2.33. The number of hydrogen-bond donors (Lipinski definition) is 2. The predicted molar refractivity (Wildman–Crippen MR) is 90.4 cm³/mol. The molecule has 3 N–H and O–H groups in total. The molecule has 0 aromatic heterocycles. The summed E-state index contributed by atoms with van der Waals surface area (Å²) in [5, 5.41) is 10.3. The summed E-state index contributed by atoms with van der Waals surface area (Å²) >= 11 is 11.9. The Bertz CT molecular complexity index is 465. The fraction of sp³-hybridized carbons (Fsp3) is 0.571. The molecular weight excluding hydrogens is 327 g/mol. The standard InChI is InChI=1S/C14H22Cl2N2O2Si/c15-13-2-1-11(5-14(13)16)20-8-12(21-9-19)7-18-4-3-10(17)6-18/h1-2,5,10,12,19H,3-4,6-9,17,21H2. The fourth-order valence-corrected chi connectivity index (χ4v) is 4.07. The Morgan fingerprint density at radius 3 is 2.86 bits per heavy atom. The van der Waals surface area contributed by atoms with Crippen molar-refractivity contribution < 1.29 is 9.84 Å². The zero-order valence-electron chi connectivity index (χ0n) is 12.0. The fourth-order valence-electron chi connectivity index (χ4n) is 2.58. The lowest BCUT2D eigenvalue weighted by Gasteiger charge is -2.23. The average molecular weight is 349 g/mol. The van der Waals surface area contributed by atoms with Crippen LogP contribution in [0.3, 0.4) is 0 Å². The third-order valence-electron chi connectivity index (χ3n) is 3.74. The number of aliphatic hydroxyl groups excluding tert-OH is 1. The van der Waals surface area contributed by atoms with Crippen molar-refractivity contribution in [3.8, 4) is 5.75 Å². The van der Waals surface area contributed by atoms with E-state index in [4.69, 9.17) is 33.7 Å². The van der Waals surface area contributed by atoms with Crippen LogP contribution in [0.25, 0.3) is 0 Å². The summed E-state index contributed by atoms with van der Waals surface area (Å²) < 4.78 is 5.82. The van der Waals surface area contributed by atoms with E-state index in [1.807, 2.05) is 6.07 Å². The Morgan fingerprint density at radius 2 is 2.24 bits per heavy atom. The van der Waals surface area contributed by atoms with Gasteiger partial charge in [-0.3, -0.25) is 0 Å². The summed E-state index contributed by atoms with van der Waals surface area (Å²) in [4.78, 5) is 2.37. The number of benzene rings is 1. The van der Waals surface area contributed by atoms with E-state index < -0.39 is 9.52 Å². The first-order valence-corrected chi connectivity index (χ1v) is 9.82. The highest BCUT2D eigenvalue weighted by Gasteiger charge is 2.22. The zero-order chi connectivity index (χ0) is 15.2. The minimum absolute atomic E-state index is 0.289. The lowest BCUT2D eigenvalue weighted by atomic mass is 10.3. The van der Waals surface area contributed by atoms with E-state index in [1.165, 1.54) is 0 Å². The van der Waals surface area contributed by atoms with Gasteiger partial charge in [-0.05, 0) is 30.6 Å². The number of nitrogens with two attached hydrogens (primary N) is 1. The highest BCUT2D eigenvalue weighted by atomic mass is 35.5. The molecule has 0 saturated carbocycles. The van der Waals surface area contributed by atoms with Crippen LogP contribution in [-0.2, 0) is 0 Å². The smallest absolute Gasteiger partial charge is 0.120 e. The molecule has 1 aliphatic rings. The molecule has 2 rings (SSSR count). The molecule has 0 radical (unpaired) electrons. The minimum Gasteiger partial charge on any atom is -0.494 e. The van der Waals surface area contributed by atoms with E-state index in [0.29, 0.717) is 28.4 Å². The molecule has 2 atom stereocenters. The van der Waals surface area contributed by atoms with Crippen LogP contribution in [0.5, 0.6) is 5.75 Å². The maximum atomic E-state index is 9.26. The van der Waals surface area contributed by atoms with Gasteiger partial charge in [-0.2, -0.15) is 0 Å². The van der Waals surface area contributed by atoms with Crippen molar-refractivity contribution in [2.75, 3.05) is 32.5 Å². The van der Waals surface area contributed by atoms with Crippen LogP contribution < -0.4 is 10.5 Å². The van der Waals surface area contributed by atoms with Crippen LogP contribution >= 0.6 is 23.2 Å². The van der Waals surface area contributed by atoms with E-state index in [0.717, 1.165) is 31.8 Å². The third-order valence-corrected chi connectivity index (χ3v) is 6.05. The summed E-state index contributed by atoms with van der Waals surface area (Å²) in [6, 6.07) is 5.57. The largest absolute Gasteiger partial charge is 0.494 e. The Morgan fingerprint density at radius 1 is 1.43 bits per heavy atom. The van der Waals surface area contributed by atoms with Crippen LogP contribution in [0.15, 0.2) is 18.2 Å². The molecule has 1 heterocycles. The first-order chi connectivity index (χ1) is 10.1. The molecule has 0 bridgehead atoms. The molecule has 4 nitrogen and oxygen atoms in total. The van der Waals surface area contributed by atoms with E-state index in [9.17, 15) is 5.11 Å². The normalized spacial score (nSPS) is 21.2. The van der Waals surface area contributed by atoms with Crippen LogP contribution in [0.4, 0.5) is 0 Å². The van der Waals surface area contributed by atoms with E-state index in [1.54, 1.807) is 12.1 Å². The minimum atomic E-state index is -0.559. The van der Waals surface area contributed by atoms with Gasteiger partial charge in [0.2, 0.25) is 0 Å². The molecule has 1 fully saturated rings. The zero-order valence-corrected chi connectivity index (χ0v) is 14.9. The molecule has 0 aliphatic carbocycles. The van der Waals surface area contributed by atoms with Crippen molar-refractivity contribution in [1.82, 2.24) is 4.90 Å². The summed E-state index contributed by atoms with van der Waals surface area (Å²) in [6.45, 7) is 3.56. The van der Waals surface area contributed by atoms with Gasteiger partial charge in [0.05, 0.1) is 26.2 Å². The summed E-state index contributed by atoms with van der Waals surface area (Å²) in [5.74, 6) is 0.722. The van der Waals surface area contributed by atoms with Crippen molar-refractivity contribution in [1.29, 1.82) is 0 Å². The van der Waals surface area contributed by atoms with Crippen LogP contribution in [0, 0.1) is 0 Å². The number of rotatable bonds is 7. The van der Waals surface area contributed by atoms with E-state index in [2.05, 4.69) is 4.90 Å². The monoisotopic (exact) mass is 348 g/mol. The van der Waals surface area contributed by atoms with Gasteiger partial charge >= 0.3 is 0 Å². The number of ether oxygens (including phenoxy) is 1. The Hall–Kier alpha value is -0.303. The predicted octanol–water partition coefficient (Wildman–Crippen LogP) is 1.31. The molecule has 7 heteroatoms. The van der Waals surface area contributed by atoms with Crippen LogP contribution in [0.2, 0.25) is 15.6 Å². The third kappa shape index (κ3) is 5.43. The number of hydrogen-bond acceptors (Lipinski definition) is 4. The summed E-state index contributed by atoms with van der Waals surface area (Å²) in [6.07, 6.45) is 1.36. The van der Waals surface area contributed by atoms with Crippen LogP contribution in [-0.4, -0.2) is 58.0 Å². The molecule has 1 saturated heterocycles. The van der Waals surface area contributed by atoms with Crippen molar-refractivity contribution in [3.05, 3.63) is 28.2 Å². The summed E-state index contributed by atoms with van der Waals surface area (Å²) in [7, 11) is -0.559. The highest BCUT2D eigenvalue weighted by molar-refractivity contribution is 6.42. The van der Waals surface area contributed by atoms with Crippen LogP contribution in [0.1, 0.15) is 6.42 Å². The van der Waals surface area contributed by atoms with E-state index in [-0.39, 0.29) is 6.04 Å². The van der Waals surface area contributed by atoms with Gasteiger partial charge in [-0.25, -0.2) is 0 Å². The van der Waals surface area contributed by atoms with Gasteiger partial charge in [-0.1, -0.05) is 23.2 Å². The maximum absolute atomic E-state index is 9.26. The Kier molecular flexibility index (Phi) is 6.79. The quantitative estimate of drug-likeness (QED) is 0.729. The second-order valence-electron chi connectivity index (χ2n) is 5.57. The second-order valence-corrected chi connectivity index (χ2v) is 8.57. The van der Waals surface area contributed by atoms with Crippen molar-refractivity contribution >= 4 is 32.7 Å². The Balaban J connectivity index is 1.85. The van der Waals surface area contributed by atoms with Gasteiger partial charge in [0.25, 0.3) is 0 Å². The SMILES string of the molecule is NC1CCN(CC(COc2ccc(Cl)c(Cl)c2)[SiH2]CO)C1. The van der Waals surface area contributed by atoms with Gasteiger partial charge in [-0.15, -0.1) is 0 Å². The molecule has 118 valence electrons. The number of halogens is 2. The van der Waals surface area contributed by atoms with E-state index >= 15 is 0 Å². The number of nitrogens with zero attached hydrogens (tertiary/aromatic N) is 1. The molecule has 0 amide bonds. The number of aliphatic hydroxyl groups is 1. The Labute approximate surface area is 138 Å². The topological polar surface area (TPSA) is 58.7 Å². The molecule has 1 aliphatic heterocycles. The van der Waals surface area contributed by atoms with Crippen molar-refractivity contribution in [3.63, 3.8) is 0 Å². The molecule has 0 spiro atoms. The molecule has 2 unspecified atom stereocenters. The first-order valence-electron chi connectivity index (χ1n) is 7.25. The maximum Gasteiger partial charge on any atom is 0.120 e. The van der Waals surface area contributed by atoms with Gasteiger partial charge < -0.3 is 20.5 Å². The second kappa shape index (κ2) is 8.36. The van der Waals surface area contributed by atoms with Crippen molar-refractivity contribution in [2.45, 2.75) is 18.0 Å². The lowest BCUT2D eigenvalue weighted by molar-refractivity contribution is 0.257. The number of likely N-dealkylation sites (tertiary alicyclic amines) is 1. The highest BCUT2D eigenvalue weighted by Crippen LogP contribution is 2.27. The van der Waals surface area contributed by atoms with Crippen molar-refractivity contribution in [2.24, 2.45) is 5.73 Å². The molecular formula is C14H22Cl2N2O2Si. The molecule has 1 aromatic rings. The summed E-state index contributed by atoms with van der Waals surface area (Å²) in [5.41, 5.74) is 6.34. The van der Waals surface area contributed by atoms with Gasteiger partial charge in [0.1, 0.15) is 5.75 Å². The van der Waals surface area contributed by atoms with Gasteiger partial charge in [0.15, 0.2) is 0 Å². The molecule has 1 aromatic carbocycles. The molecule has 21 heavy (non-hydrogen) atoms. The first kappa shape index (κ1) is 17.1.